The lowest BCUT2D eigenvalue weighted by Crippen LogP contribution is -2.07. The molecule has 4 nitrogen and oxygen atoms in total. The summed E-state index contributed by atoms with van der Waals surface area (Å²) in [4.78, 5) is 24.3. The predicted octanol–water partition coefficient (Wildman–Crippen LogP) is 0.870. The molecule has 0 radical (unpaired) electrons. The molecule has 0 aliphatic carbocycles. The van der Waals surface area contributed by atoms with Gasteiger partial charge in [-0.05, 0) is 24.6 Å². The number of pyridine rings is 1. The fourth-order valence-electron chi connectivity index (χ4n) is 0.948. The van der Waals surface area contributed by atoms with Gasteiger partial charge in [0.05, 0.1) is 7.11 Å². The quantitative estimate of drug-likeness (QED) is 0.560. The van der Waals surface area contributed by atoms with Crippen LogP contribution in [0.4, 0.5) is 0 Å². The highest BCUT2D eigenvalue weighted by molar-refractivity contribution is 5.86. The summed E-state index contributed by atoms with van der Waals surface area (Å²) in [5, 5.41) is 0. The SMILES string of the molecule is COC(=O)C=Cc1c[nH]c(=O)c(C)c1. The number of aryl methyl sites for hydroxylation is 1. The van der Waals surface area contributed by atoms with E-state index >= 15 is 0 Å². The number of carbonyl (C=O) groups excluding carboxylic acids is 1. The van der Waals surface area contributed by atoms with Crippen LogP contribution in [-0.2, 0) is 9.53 Å². The van der Waals surface area contributed by atoms with Crippen LogP contribution >= 0.6 is 0 Å². The number of esters is 1. The lowest BCUT2D eigenvalue weighted by Gasteiger charge is -1.94. The molecule has 4 heteroatoms. The largest absolute Gasteiger partial charge is 0.466 e. The van der Waals surface area contributed by atoms with Gasteiger partial charge in [0, 0.05) is 17.8 Å². The zero-order valence-corrected chi connectivity index (χ0v) is 8.03. The highest BCUT2D eigenvalue weighted by atomic mass is 16.5. The Bertz CT molecular complexity index is 418. The van der Waals surface area contributed by atoms with Crippen molar-refractivity contribution in [3.63, 3.8) is 0 Å². The number of nitrogens with one attached hydrogen (secondary N) is 1. The second-order valence-corrected chi connectivity index (χ2v) is 2.80. The second kappa shape index (κ2) is 4.41. The van der Waals surface area contributed by atoms with Crippen LogP contribution in [-0.4, -0.2) is 18.1 Å². The van der Waals surface area contributed by atoms with Crippen molar-refractivity contribution >= 4 is 12.0 Å². The number of hydrogen-bond donors (Lipinski definition) is 1. The normalized spacial score (nSPS) is 10.4. The third-order valence-electron chi connectivity index (χ3n) is 1.72. The van der Waals surface area contributed by atoms with Gasteiger partial charge in [0.15, 0.2) is 0 Å². The third kappa shape index (κ3) is 2.58. The van der Waals surface area contributed by atoms with E-state index in [-0.39, 0.29) is 5.56 Å². The molecular formula is C10H11NO3. The Morgan fingerprint density at radius 3 is 2.86 bits per heavy atom. The molecule has 0 spiro atoms. The number of aromatic nitrogens is 1. The molecule has 1 heterocycles. The van der Waals surface area contributed by atoms with E-state index in [4.69, 9.17) is 0 Å². The maximum absolute atomic E-state index is 11.0. The van der Waals surface area contributed by atoms with Gasteiger partial charge in [-0.25, -0.2) is 4.79 Å². The second-order valence-electron chi connectivity index (χ2n) is 2.80. The van der Waals surface area contributed by atoms with E-state index in [1.54, 1.807) is 19.1 Å². The molecule has 0 amide bonds. The number of hydrogen-bond acceptors (Lipinski definition) is 3. The van der Waals surface area contributed by atoms with Crippen molar-refractivity contribution in [1.29, 1.82) is 0 Å². The summed E-state index contributed by atoms with van der Waals surface area (Å²) in [5.74, 6) is -0.422. The average Bonchev–Trinajstić information content (AvgIpc) is 2.19. The summed E-state index contributed by atoms with van der Waals surface area (Å²) in [5.41, 5.74) is 1.24. The van der Waals surface area contributed by atoms with Crippen LogP contribution < -0.4 is 5.56 Å². The fraction of sp³-hybridized carbons (Fsp3) is 0.200. The minimum absolute atomic E-state index is 0.125. The molecule has 14 heavy (non-hydrogen) atoms. The van der Waals surface area contributed by atoms with E-state index in [0.29, 0.717) is 5.56 Å². The molecule has 0 unspecified atom stereocenters. The summed E-state index contributed by atoms with van der Waals surface area (Å²) >= 11 is 0. The maximum atomic E-state index is 11.0. The van der Waals surface area contributed by atoms with Crippen LogP contribution in [0.3, 0.4) is 0 Å². The van der Waals surface area contributed by atoms with Crippen molar-refractivity contribution in [3.8, 4) is 0 Å². The Kier molecular flexibility index (Phi) is 3.23. The Balaban J connectivity index is 2.88. The average molecular weight is 193 g/mol. The summed E-state index contributed by atoms with van der Waals surface area (Å²) in [7, 11) is 1.31. The molecule has 0 aromatic carbocycles. The highest BCUT2D eigenvalue weighted by Crippen LogP contribution is 2.00. The van der Waals surface area contributed by atoms with Crippen molar-refractivity contribution in [2.75, 3.05) is 7.11 Å². The minimum Gasteiger partial charge on any atom is -0.466 e. The monoisotopic (exact) mass is 193 g/mol. The molecule has 0 saturated heterocycles. The number of H-pyrrole nitrogens is 1. The van der Waals surface area contributed by atoms with Gasteiger partial charge in [0.2, 0.25) is 0 Å². The van der Waals surface area contributed by atoms with Crippen molar-refractivity contribution < 1.29 is 9.53 Å². The molecule has 0 fully saturated rings. The Hall–Kier alpha value is -1.84. The van der Waals surface area contributed by atoms with Crippen molar-refractivity contribution in [3.05, 3.63) is 39.8 Å². The van der Waals surface area contributed by atoms with Gasteiger partial charge in [-0.2, -0.15) is 0 Å². The lowest BCUT2D eigenvalue weighted by molar-refractivity contribution is -0.134. The van der Waals surface area contributed by atoms with Gasteiger partial charge in [0.1, 0.15) is 0 Å². The lowest BCUT2D eigenvalue weighted by atomic mass is 10.2. The zero-order valence-electron chi connectivity index (χ0n) is 8.03. The van der Waals surface area contributed by atoms with Crippen LogP contribution in [0.15, 0.2) is 23.1 Å². The summed E-state index contributed by atoms with van der Waals surface area (Å²) < 4.78 is 4.43. The summed E-state index contributed by atoms with van der Waals surface area (Å²) in [6.45, 7) is 1.70. The van der Waals surface area contributed by atoms with E-state index in [2.05, 4.69) is 9.72 Å². The molecule has 1 N–H and O–H groups in total. The first-order valence-corrected chi connectivity index (χ1v) is 4.09. The minimum atomic E-state index is -0.422. The number of carbonyl (C=O) groups is 1. The number of aromatic amines is 1. The predicted molar refractivity (Wildman–Crippen MR) is 52.8 cm³/mol. The number of rotatable bonds is 2. The molecule has 1 aromatic heterocycles. The molecule has 0 atom stereocenters. The molecule has 74 valence electrons. The number of ether oxygens (including phenoxy) is 1. The van der Waals surface area contributed by atoms with E-state index < -0.39 is 5.97 Å². The maximum Gasteiger partial charge on any atom is 0.330 e. The van der Waals surface area contributed by atoms with E-state index in [9.17, 15) is 9.59 Å². The number of methoxy groups -OCH3 is 1. The van der Waals surface area contributed by atoms with Crippen LogP contribution in [0, 0.1) is 6.92 Å². The van der Waals surface area contributed by atoms with E-state index in [1.165, 1.54) is 19.4 Å². The Labute approximate surface area is 81.2 Å². The van der Waals surface area contributed by atoms with Gasteiger partial charge in [-0.1, -0.05) is 0 Å². The van der Waals surface area contributed by atoms with E-state index in [1.807, 2.05) is 0 Å². The molecule has 0 bridgehead atoms. The Morgan fingerprint density at radius 2 is 2.29 bits per heavy atom. The standard InChI is InChI=1S/C10H11NO3/c1-7-5-8(6-11-10(7)13)3-4-9(12)14-2/h3-6H,1-2H3,(H,11,13). The zero-order chi connectivity index (χ0) is 10.6. The fourth-order valence-corrected chi connectivity index (χ4v) is 0.948. The van der Waals surface area contributed by atoms with Gasteiger partial charge in [-0.3, -0.25) is 4.79 Å². The van der Waals surface area contributed by atoms with Gasteiger partial charge < -0.3 is 9.72 Å². The van der Waals surface area contributed by atoms with Crippen molar-refractivity contribution in [2.24, 2.45) is 0 Å². The molecular weight excluding hydrogens is 182 g/mol. The molecule has 0 saturated carbocycles. The van der Waals surface area contributed by atoms with Crippen molar-refractivity contribution in [1.82, 2.24) is 4.98 Å². The van der Waals surface area contributed by atoms with Gasteiger partial charge >= 0.3 is 5.97 Å². The van der Waals surface area contributed by atoms with Crippen LogP contribution in [0.2, 0.25) is 0 Å². The third-order valence-corrected chi connectivity index (χ3v) is 1.72. The van der Waals surface area contributed by atoms with Crippen LogP contribution in [0.1, 0.15) is 11.1 Å². The smallest absolute Gasteiger partial charge is 0.330 e. The molecule has 1 aromatic rings. The van der Waals surface area contributed by atoms with E-state index in [0.717, 1.165) is 5.56 Å². The first-order chi connectivity index (χ1) is 6.63. The molecule has 0 aliphatic heterocycles. The first-order valence-electron chi connectivity index (χ1n) is 4.09. The van der Waals surface area contributed by atoms with Crippen LogP contribution in [0.25, 0.3) is 6.08 Å². The summed E-state index contributed by atoms with van der Waals surface area (Å²) in [6, 6.07) is 1.69. The van der Waals surface area contributed by atoms with Crippen molar-refractivity contribution in [2.45, 2.75) is 6.92 Å². The van der Waals surface area contributed by atoms with Gasteiger partial charge in [0.25, 0.3) is 5.56 Å². The van der Waals surface area contributed by atoms with Crippen LogP contribution in [0.5, 0.6) is 0 Å². The molecule has 0 aliphatic rings. The topological polar surface area (TPSA) is 59.2 Å². The molecule has 1 rings (SSSR count). The highest BCUT2D eigenvalue weighted by Gasteiger charge is 1.95. The Morgan fingerprint density at radius 1 is 1.57 bits per heavy atom. The van der Waals surface area contributed by atoms with Gasteiger partial charge in [-0.15, -0.1) is 0 Å². The summed E-state index contributed by atoms with van der Waals surface area (Å²) in [6.07, 6.45) is 4.41. The first kappa shape index (κ1) is 10.2.